The molecule has 2 aromatic heterocycles. The first-order valence-electron chi connectivity index (χ1n) is 28.1. The molecule has 1 saturated carbocycles. The maximum atomic E-state index is 15.2. The van der Waals surface area contributed by atoms with Gasteiger partial charge in [-0.25, -0.2) is 19.6 Å². The standard InChI is InChI=1S/C61H72F3N7O9S3/c1-9-23-70(54(72)37-79-60(74)55-40(5)65-57(66-58(55)81-8)53-16-13-29-82-53)35-43-30-48(43)47-22-21-44(31-51(47)61(62,63)64)68-24-26-69(27-25-68)56(41-17-19-42(20-18-41)59(73)77-7)49-32-52(78-28-10-2)50(46-15-12-11-14-45(46)49)36-67(6)83(75,76)71-33-38(3)80-39(4)34-71/h11-22,29,31-32,38-39,43,48,56H,9-10,23-28,30,33-37H2,1-8H3. The monoisotopic (exact) mass is 1200 g/mol. The number of aryl methyl sites for hydroxylation is 1. The molecule has 4 heterocycles. The van der Waals surface area contributed by atoms with Gasteiger partial charge in [-0.05, 0) is 127 Å². The number of halogens is 3. The van der Waals surface area contributed by atoms with Crippen LogP contribution in [0.3, 0.4) is 0 Å². The molecule has 5 unspecified atom stereocenters. The smallest absolute Gasteiger partial charge is 0.416 e. The minimum absolute atomic E-state index is 0.0264. The van der Waals surface area contributed by atoms with Gasteiger partial charge in [-0.3, -0.25) is 9.69 Å². The van der Waals surface area contributed by atoms with E-state index in [1.54, 1.807) is 49.4 Å². The lowest BCUT2D eigenvalue weighted by atomic mass is 9.89. The number of benzene rings is 4. The van der Waals surface area contributed by atoms with Crippen LogP contribution in [0.5, 0.6) is 5.75 Å². The second-order valence-corrected chi connectivity index (χ2v) is 25.3. The molecule has 2 aliphatic heterocycles. The number of piperazine rings is 1. The second-order valence-electron chi connectivity index (χ2n) is 21.5. The molecule has 0 bridgehead atoms. The third kappa shape index (κ3) is 13.8. The number of thioether (sulfide) groups is 1. The number of carbonyl (C=O) groups excluding carboxylic acids is 3. The second kappa shape index (κ2) is 26.4. The van der Waals surface area contributed by atoms with Gasteiger partial charge in [0.15, 0.2) is 12.4 Å². The summed E-state index contributed by atoms with van der Waals surface area (Å²) in [5, 5.41) is 4.02. The maximum Gasteiger partial charge on any atom is 0.416 e. The highest BCUT2D eigenvalue weighted by Crippen LogP contribution is 2.52. The van der Waals surface area contributed by atoms with Crippen LogP contribution < -0.4 is 9.64 Å². The van der Waals surface area contributed by atoms with Gasteiger partial charge in [0.25, 0.3) is 16.1 Å². The first kappa shape index (κ1) is 61.4. The largest absolute Gasteiger partial charge is 0.493 e. The van der Waals surface area contributed by atoms with E-state index in [1.165, 1.54) is 44.9 Å². The molecular weight excluding hydrogens is 1130 g/mol. The van der Waals surface area contributed by atoms with Crippen LogP contribution in [0, 0.1) is 12.8 Å². The molecule has 6 aromatic rings. The van der Waals surface area contributed by atoms with E-state index in [9.17, 15) is 22.8 Å². The fourth-order valence-electron chi connectivity index (χ4n) is 11.5. The zero-order valence-corrected chi connectivity index (χ0v) is 50.6. The first-order chi connectivity index (χ1) is 39.7. The molecule has 3 aliphatic rings. The topological polar surface area (TPSA) is 164 Å². The van der Waals surface area contributed by atoms with Crippen molar-refractivity contribution in [2.45, 2.75) is 95.8 Å². The number of carbonyl (C=O) groups is 3. The number of anilines is 1. The number of aromatic nitrogens is 2. The number of amides is 1. The van der Waals surface area contributed by atoms with Crippen molar-refractivity contribution in [3.63, 3.8) is 0 Å². The van der Waals surface area contributed by atoms with E-state index in [0.717, 1.165) is 26.8 Å². The molecule has 9 rings (SSSR count). The highest BCUT2D eigenvalue weighted by molar-refractivity contribution is 7.98. The number of rotatable bonds is 22. The molecule has 1 amide bonds. The van der Waals surface area contributed by atoms with Crippen LogP contribution in [0.4, 0.5) is 18.9 Å². The lowest BCUT2D eigenvalue weighted by Gasteiger charge is -2.41. The molecule has 1 aliphatic carbocycles. The van der Waals surface area contributed by atoms with Crippen LogP contribution in [-0.4, -0.2) is 153 Å². The molecule has 3 fully saturated rings. The Bertz CT molecular complexity index is 3390. The van der Waals surface area contributed by atoms with Crippen molar-refractivity contribution in [2.75, 3.05) is 90.9 Å². The number of hydrogen-bond donors (Lipinski definition) is 0. The molecule has 83 heavy (non-hydrogen) atoms. The Kier molecular flexibility index (Phi) is 19.5. The SMILES string of the molecule is CCCOc1cc(C(c2ccc(C(=O)OC)cc2)N2CCN(c3ccc(C4CC4CN(CCC)C(=O)COC(=O)c4c(C)nc(-c5cccs5)nc4SC)c(C(F)(F)F)c3)CC2)c2ccccc2c1CN(C)S(=O)(=O)N1CC(C)OC(C)C1. The Labute approximate surface area is 492 Å². The van der Waals surface area contributed by atoms with E-state index in [0.29, 0.717) is 97.7 Å². The summed E-state index contributed by atoms with van der Waals surface area (Å²) in [5.74, 6) is -1.27. The lowest BCUT2D eigenvalue weighted by molar-refractivity contribution is -0.138. The average Bonchev–Trinajstić information content (AvgIpc) is 2.83. The molecule has 5 atom stereocenters. The van der Waals surface area contributed by atoms with Crippen molar-refractivity contribution in [3.8, 4) is 16.5 Å². The third-order valence-electron chi connectivity index (χ3n) is 15.6. The van der Waals surface area contributed by atoms with Gasteiger partial charge in [0, 0.05) is 77.2 Å². The minimum Gasteiger partial charge on any atom is -0.493 e. The Morgan fingerprint density at radius 3 is 2.25 bits per heavy atom. The van der Waals surface area contributed by atoms with Gasteiger partial charge in [-0.2, -0.15) is 30.2 Å². The van der Waals surface area contributed by atoms with Gasteiger partial charge in [-0.15, -0.1) is 23.1 Å². The summed E-state index contributed by atoms with van der Waals surface area (Å²) in [7, 11) is -1.01. The molecule has 0 N–H and O–H groups in total. The van der Waals surface area contributed by atoms with Crippen LogP contribution in [0.2, 0.25) is 0 Å². The van der Waals surface area contributed by atoms with Crippen molar-refractivity contribution < 1.29 is 54.9 Å². The fraction of sp³-hybridized carbons (Fsp3) is 0.459. The fourth-order valence-corrected chi connectivity index (χ4v) is 14.2. The number of morpholine rings is 1. The summed E-state index contributed by atoms with van der Waals surface area (Å²) in [6, 6.07) is 25.0. The number of esters is 2. The van der Waals surface area contributed by atoms with E-state index in [2.05, 4.69) is 14.9 Å². The number of hydrogen-bond acceptors (Lipinski definition) is 15. The Morgan fingerprint density at radius 2 is 1.61 bits per heavy atom. The highest BCUT2D eigenvalue weighted by Gasteiger charge is 2.46. The van der Waals surface area contributed by atoms with E-state index in [-0.39, 0.29) is 55.4 Å². The molecule has 0 spiro atoms. The van der Waals surface area contributed by atoms with Crippen molar-refractivity contribution in [1.82, 2.24) is 28.4 Å². The summed E-state index contributed by atoms with van der Waals surface area (Å²) in [6.07, 6.45) is -1.64. The number of nitrogens with zero attached hydrogens (tertiary/aromatic N) is 7. The van der Waals surface area contributed by atoms with Gasteiger partial charge in [0.05, 0.1) is 53.7 Å². The molecule has 0 radical (unpaired) electrons. The van der Waals surface area contributed by atoms with E-state index in [4.69, 9.17) is 18.9 Å². The van der Waals surface area contributed by atoms with Crippen molar-refractivity contribution in [1.29, 1.82) is 0 Å². The molecule has 4 aromatic carbocycles. The predicted molar refractivity (Wildman–Crippen MR) is 316 cm³/mol. The molecule has 16 nitrogen and oxygen atoms in total. The van der Waals surface area contributed by atoms with Gasteiger partial charge >= 0.3 is 18.1 Å². The minimum atomic E-state index is -4.65. The third-order valence-corrected chi connectivity index (χ3v) is 19.0. The lowest BCUT2D eigenvalue weighted by Crippen LogP contribution is -2.52. The number of thiophene rings is 1. The summed E-state index contributed by atoms with van der Waals surface area (Å²) in [4.78, 5) is 55.6. The highest BCUT2D eigenvalue weighted by atomic mass is 32.2. The van der Waals surface area contributed by atoms with Gasteiger partial charge in [0.2, 0.25) is 0 Å². The summed E-state index contributed by atoms with van der Waals surface area (Å²) >= 11 is 2.75. The van der Waals surface area contributed by atoms with Crippen molar-refractivity contribution in [3.05, 3.63) is 135 Å². The number of alkyl halides is 3. The number of fused-ring (bicyclic) bond motifs is 1. The molecule has 2 saturated heterocycles. The summed E-state index contributed by atoms with van der Waals surface area (Å²) < 4.78 is 99.9. The zero-order chi connectivity index (χ0) is 59.3. The van der Waals surface area contributed by atoms with Crippen molar-refractivity contribution in [2.24, 2.45) is 5.92 Å². The zero-order valence-electron chi connectivity index (χ0n) is 48.1. The van der Waals surface area contributed by atoms with Crippen LogP contribution in [0.25, 0.3) is 21.5 Å². The van der Waals surface area contributed by atoms with Crippen LogP contribution >= 0.6 is 23.1 Å². The quantitative estimate of drug-likeness (QED) is 0.0358. The van der Waals surface area contributed by atoms with Gasteiger partial charge in [-0.1, -0.05) is 62.4 Å². The molecule has 444 valence electrons. The van der Waals surface area contributed by atoms with Gasteiger partial charge < -0.3 is 28.7 Å². The normalized spacial score (nSPS) is 19.2. The van der Waals surface area contributed by atoms with Crippen LogP contribution in [-0.2, 0) is 41.9 Å². The number of ether oxygens (including phenoxy) is 4. The summed E-state index contributed by atoms with van der Waals surface area (Å²) in [6.45, 7) is 11.9. The van der Waals surface area contributed by atoms with E-state index < -0.39 is 58.4 Å². The average molecular weight is 1200 g/mol. The van der Waals surface area contributed by atoms with Crippen LogP contribution in [0.1, 0.15) is 113 Å². The van der Waals surface area contributed by atoms with E-state index in [1.807, 2.05) is 92.6 Å². The Balaban J connectivity index is 0.933. The summed E-state index contributed by atoms with van der Waals surface area (Å²) in [5.41, 5.74) is 3.34. The first-order valence-corrected chi connectivity index (χ1v) is 31.6. The van der Waals surface area contributed by atoms with Crippen molar-refractivity contribution >= 4 is 67.6 Å². The Morgan fingerprint density at radius 1 is 0.904 bits per heavy atom. The maximum absolute atomic E-state index is 15.2. The van der Waals surface area contributed by atoms with E-state index >= 15 is 13.2 Å². The molecule has 22 heteroatoms. The number of methoxy groups -OCH3 is 1. The molecular formula is C61H72F3N7O9S3. The van der Waals surface area contributed by atoms with Crippen LogP contribution in [0.15, 0.2) is 95.3 Å². The van der Waals surface area contributed by atoms with Gasteiger partial charge in [0.1, 0.15) is 16.3 Å². The predicted octanol–water partition coefficient (Wildman–Crippen LogP) is 10.9. The Hall–Kier alpha value is -6.14.